The third kappa shape index (κ3) is 5.47. The molecule has 4 fully saturated rings. The average molecular weight is 492 g/mol. The van der Waals surface area contributed by atoms with Crippen LogP contribution in [0.25, 0.3) is 0 Å². The van der Waals surface area contributed by atoms with Gasteiger partial charge in [0.25, 0.3) is 5.91 Å². The number of benzene rings is 2. The molecule has 0 spiro atoms. The van der Waals surface area contributed by atoms with E-state index in [1.807, 2.05) is 49.3 Å². The second-order valence-corrected chi connectivity index (χ2v) is 10.8. The van der Waals surface area contributed by atoms with Gasteiger partial charge in [0.1, 0.15) is 5.75 Å². The first-order valence-corrected chi connectivity index (χ1v) is 13.4. The molecule has 4 atom stereocenters. The lowest BCUT2D eigenvalue weighted by atomic mass is 9.75. The maximum absolute atomic E-state index is 12.7. The largest absolute Gasteiger partial charge is 0.495 e. The number of ether oxygens (including phenoxy) is 1. The minimum absolute atomic E-state index is 0.0346. The molecule has 1 N–H and O–H groups in total. The van der Waals surface area contributed by atoms with E-state index in [0.29, 0.717) is 6.04 Å². The van der Waals surface area contributed by atoms with E-state index >= 15 is 0 Å². The van der Waals surface area contributed by atoms with E-state index in [4.69, 9.17) is 4.74 Å². The molecule has 2 bridgehead atoms. The van der Waals surface area contributed by atoms with Crippen LogP contribution in [0, 0.1) is 11.8 Å². The highest BCUT2D eigenvalue weighted by Gasteiger charge is 2.40. The number of rotatable bonds is 8. The molecule has 6 rings (SSSR count). The summed E-state index contributed by atoms with van der Waals surface area (Å²) in [5.41, 5.74) is 3.05. The van der Waals surface area contributed by atoms with E-state index in [1.165, 1.54) is 31.6 Å². The second kappa shape index (κ2) is 11.1. The number of methoxy groups -OCH3 is 1. The summed E-state index contributed by atoms with van der Waals surface area (Å²) in [5, 5.41) is 3.21. The molecule has 0 radical (unpaired) electrons. The van der Waals surface area contributed by atoms with Crippen LogP contribution < -0.4 is 19.9 Å². The number of fused-ring (bicyclic) bond motifs is 3. The molecule has 4 heterocycles. The minimum atomic E-state index is 0.0346. The average Bonchev–Trinajstić information content (AvgIpc) is 2.92. The van der Waals surface area contributed by atoms with Crippen LogP contribution in [0.15, 0.2) is 48.5 Å². The quantitative estimate of drug-likeness (QED) is 0.613. The number of hydrogen-bond acceptors (Lipinski definition) is 6. The van der Waals surface area contributed by atoms with Crippen molar-refractivity contribution in [3.63, 3.8) is 0 Å². The number of piperazine rings is 1. The van der Waals surface area contributed by atoms with Crippen LogP contribution >= 0.6 is 0 Å². The third-order valence-corrected chi connectivity index (χ3v) is 8.45. The maximum atomic E-state index is 12.7. The Morgan fingerprint density at radius 1 is 1.03 bits per heavy atom. The van der Waals surface area contributed by atoms with Crippen molar-refractivity contribution >= 4 is 17.3 Å². The lowest BCUT2D eigenvalue weighted by molar-refractivity contribution is -0.0120. The van der Waals surface area contributed by atoms with Crippen molar-refractivity contribution in [1.29, 1.82) is 0 Å². The number of carbonyl (C=O) groups excluding carboxylic acids is 1. The Hall–Kier alpha value is -2.77. The molecule has 4 saturated heterocycles. The van der Waals surface area contributed by atoms with Gasteiger partial charge >= 0.3 is 0 Å². The Labute approximate surface area is 216 Å². The number of amides is 1. The molecule has 4 aliphatic rings. The Balaban J connectivity index is 1.08. The van der Waals surface area contributed by atoms with Crippen LogP contribution in [0.2, 0.25) is 0 Å². The Kier molecular flexibility index (Phi) is 7.67. The normalized spacial score (nSPS) is 26.0. The fourth-order valence-electron chi connectivity index (χ4n) is 6.29. The van der Waals surface area contributed by atoms with Crippen molar-refractivity contribution in [3.8, 4) is 5.75 Å². The van der Waals surface area contributed by atoms with Crippen molar-refractivity contribution in [2.24, 2.45) is 11.8 Å². The number of piperidine rings is 3. The van der Waals surface area contributed by atoms with Gasteiger partial charge in [-0.05, 0) is 67.6 Å². The summed E-state index contributed by atoms with van der Waals surface area (Å²) in [6.45, 7) is 8.57. The van der Waals surface area contributed by atoms with Gasteiger partial charge in [0.05, 0.1) is 12.8 Å². The standard InChI is InChI=1S/C29H41N5O2/c1-31(2)25-10-8-22(9-11-25)29(35)30-19-26-18-23-12-13-34(26)21-24(23)20-32-14-16-33(17-15-32)27-6-4-5-7-28(27)36-3/h4-11,23-24,26H,12-21H2,1-3H3,(H,30,35)/t23-,24-,26+/m0/s1. The predicted octanol–water partition coefficient (Wildman–Crippen LogP) is 3.02. The molecule has 2 aromatic carbocycles. The zero-order chi connectivity index (χ0) is 25.1. The summed E-state index contributed by atoms with van der Waals surface area (Å²) in [5.74, 6) is 2.50. The number of nitrogens with zero attached hydrogens (tertiary/aromatic N) is 4. The molecule has 7 nitrogen and oxygen atoms in total. The van der Waals surface area contributed by atoms with Gasteiger partial charge < -0.3 is 19.9 Å². The highest BCUT2D eigenvalue weighted by molar-refractivity contribution is 5.94. The summed E-state index contributed by atoms with van der Waals surface area (Å²) >= 11 is 0. The zero-order valence-corrected chi connectivity index (χ0v) is 22.0. The number of para-hydroxylation sites is 2. The maximum Gasteiger partial charge on any atom is 0.251 e. The molecule has 0 aromatic heterocycles. The molecule has 1 amide bonds. The first-order valence-electron chi connectivity index (χ1n) is 13.4. The molecule has 4 aliphatic heterocycles. The first kappa shape index (κ1) is 24.9. The summed E-state index contributed by atoms with van der Waals surface area (Å²) in [7, 11) is 5.78. The summed E-state index contributed by atoms with van der Waals surface area (Å²) < 4.78 is 5.57. The van der Waals surface area contributed by atoms with Crippen LogP contribution in [0.3, 0.4) is 0 Å². The second-order valence-electron chi connectivity index (χ2n) is 10.8. The van der Waals surface area contributed by atoms with Gasteiger partial charge in [-0.15, -0.1) is 0 Å². The van der Waals surface area contributed by atoms with Crippen molar-refractivity contribution in [1.82, 2.24) is 15.1 Å². The van der Waals surface area contributed by atoms with Crippen LogP contribution in [-0.4, -0.2) is 95.3 Å². The van der Waals surface area contributed by atoms with Gasteiger partial charge in [0.2, 0.25) is 0 Å². The summed E-state index contributed by atoms with van der Waals surface area (Å²) in [4.78, 5) is 22.5. The van der Waals surface area contributed by atoms with Crippen LogP contribution in [0.1, 0.15) is 23.2 Å². The lowest BCUT2D eigenvalue weighted by Gasteiger charge is -2.51. The van der Waals surface area contributed by atoms with Crippen molar-refractivity contribution < 1.29 is 9.53 Å². The molecule has 0 aliphatic carbocycles. The molecule has 7 heteroatoms. The van der Waals surface area contributed by atoms with Gasteiger partial charge in [-0.2, -0.15) is 0 Å². The topological polar surface area (TPSA) is 51.3 Å². The highest BCUT2D eigenvalue weighted by Crippen LogP contribution is 2.37. The Bertz CT molecular complexity index is 1020. The zero-order valence-electron chi connectivity index (χ0n) is 22.0. The van der Waals surface area contributed by atoms with Gasteiger partial charge in [0, 0.05) is 77.2 Å². The van der Waals surface area contributed by atoms with E-state index < -0.39 is 0 Å². The first-order chi connectivity index (χ1) is 17.5. The van der Waals surface area contributed by atoms with Crippen LogP contribution in [0.5, 0.6) is 5.75 Å². The van der Waals surface area contributed by atoms with Crippen molar-refractivity contribution in [2.75, 3.05) is 83.4 Å². The minimum Gasteiger partial charge on any atom is -0.495 e. The number of carbonyl (C=O) groups is 1. The molecular formula is C29H41N5O2. The van der Waals surface area contributed by atoms with Crippen molar-refractivity contribution in [2.45, 2.75) is 18.9 Å². The molecule has 36 heavy (non-hydrogen) atoms. The molecule has 0 saturated carbocycles. The SMILES string of the molecule is COc1ccccc1N1CCN(C[C@H]2CN3CC[C@H]2C[C@@H]3CNC(=O)c2ccc(N(C)C)cc2)CC1. The number of hydrogen-bond donors (Lipinski definition) is 1. The van der Waals surface area contributed by atoms with Crippen LogP contribution in [-0.2, 0) is 0 Å². The molecule has 194 valence electrons. The molecule has 2 aromatic rings. The Morgan fingerprint density at radius 2 is 1.78 bits per heavy atom. The monoisotopic (exact) mass is 491 g/mol. The van der Waals surface area contributed by atoms with Gasteiger partial charge in [0.15, 0.2) is 0 Å². The fourth-order valence-corrected chi connectivity index (χ4v) is 6.29. The number of anilines is 2. The van der Waals surface area contributed by atoms with Gasteiger partial charge in [-0.3, -0.25) is 14.6 Å². The van der Waals surface area contributed by atoms with E-state index in [-0.39, 0.29) is 5.91 Å². The van der Waals surface area contributed by atoms with Gasteiger partial charge in [-0.1, -0.05) is 12.1 Å². The summed E-state index contributed by atoms with van der Waals surface area (Å²) in [6, 6.07) is 16.7. The highest BCUT2D eigenvalue weighted by atomic mass is 16.5. The third-order valence-electron chi connectivity index (χ3n) is 8.45. The fraction of sp³-hybridized carbons (Fsp3) is 0.552. The van der Waals surface area contributed by atoms with Crippen molar-refractivity contribution in [3.05, 3.63) is 54.1 Å². The predicted molar refractivity (Wildman–Crippen MR) is 146 cm³/mol. The van der Waals surface area contributed by atoms with Gasteiger partial charge in [-0.25, -0.2) is 0 Å². The van der Waals surface area contributed by atoms with E-state index in [2.05, 4.69) is 38.2 Å². The van der Waals surface area contributed by atoms with Crippen LogP contribution in [0.4, 0.5) is 11.4 Å². The van der Waals surface area contributed by atoms with E-state index in [0.717, 1.165) is 68.1 Å². The number of nitrogens with one attached hydrogen (secondary N) is 1. The lowest BCUT2D eigenvalue weighted by Crippen LogP contribution is -2.59. The molecule has 1 unspecified atom stereocenters. The smallest absolute Gasteiger partial charge is 0.251 e. The Morgan fingerprint density at radius 3 is 2.44 bits per heavy atom. The summed E-state index contributed by atoms with van der Waals surface area (Å²) in [6.07, 6.45) is 2.49. The molecular weight excluding hydrogens is 450 g/mol. The van der Waals surface area contributed by atoms with E-state index in [9.17, 15) is 4.79 Å². The van der Waals surface area contributed by atoms with E-state index in [1.54, 1.807) is 7.11 Å².